The van der Waals surface area contributed by atoms with E-state index in [4.69, 9.17) is 9.47 Å². The van der Waals surface area contributed by atoms with Gasteiger partial charge in [0.05, 0.1) is 12.7 Å². The van der Waals surface area contributed by atoms with Crippen molar-refractivity contribution in [1.82, 2.24) is 0 Å². The molecule has 0 spiro atoms. The second-order valence-corrected chi connectivity index (χ2v) is 5.25. The largest absolute Gasteiger partial charge is 0.491 e. The highest BCUT2D eigenvalue weighted by Crippen LogP contribution is 2.36. The molecule has 2 unspecified atom stereocenters. The summed E-state index contributed by atoms with van der Waals surface area (Å²) in [7, 11) is 1.68. The monoisotopic (exact) mass is 264 g/mol. The van der Waals surface area contributed by atoms with Crippen LogP contribution in [0.5, 0.6) is 5.75 Å². The van der Waals surface area contributed by atoms with Crippen molar-refractivity contribution in [2.75, 3.05) is 20.3 Å². The fourth-order valence-electron chi connectivity index (χ4n) is 2.80. The van der Waals surface area contributed by atoms with E-state index in [1.54, 1.807) is 7.11 Å². The first kappa shape index (κ1) is 14.4. The summed E-state index contributed by atoms with van der Waals surface area (Å²) in [5.74, 6) is 1.36. The van der Waals surface area contributed by atoms with Crippen molar-refractivity contribution >= 4 is 0 Å². The summed E-state index contributed by atoms with van der Waals surface area (Å²) < 4.78 is 10.8. The van der Waals surface area contributed by atoms with Crippen LogP contribution in [-0.2, 0) is 4.74 Å². The zero-order chi connectivity index (χ0) is 13.5. The van der Waals surface area contributed by atoms with Crippen molar-refractivity contribution < 1.29 is 14.6 Å². The molecule has 3 heteroatoms. The summed E-state index contributed by atoms with van der Waals surface area (Å²) in [6.45, 7) is 1.17. The van der Waals surface area contributed by atoms with Crippen LogP contribution in [-0.4, -0.2) is 31.5 Å². The molecule has 1 saturated carbocycles. The predicted octanol–water partition coefficient (Wildman–Crippen LogP) is 3.12. The van der Waals surface area contributed by atoms with Gasteiger partial charge in [0.25, 0.3) is 0 Å². The van der Waals surface area contributed by atoms with Gasteiger partial charge >= 0.3 is 0 Å². The Bertz CT molecular complexity index is 378. The van der Waals surface area contributed by atoms with Crippen LogP contribution < -0.4 is 4.74 Å². The fraction of sp³-hybridized carbons (Fsp3) is 0.625. The van der Waals surface area contributed by atoms with Crippen LogP contribution in [0, 0.1) is 0 Å². The van der Waals surface area contributed by atoms with Crippen LogP contribution in [0.4, 0.5) is 0 Å². The lowest BCUT2D eigenvalue weighted by Crippen LogP contribution is -2.11. The number of rotatable bonds is 5. The molecule has 2 rings (SSSR count). The Morgan fingerprint density at radius 3 is 2.79 bits per heavy atom. The number of aliphatic hydroxyl groups is 1. The van der Waals surface area contributed by atoms with E-state index in [0.717, 1.165) is 31.4 Å². The second-order valence-electron chi connectivity index (χ2n) is 5.25. The second kappa shape index (κ2) is 7.51. The van der Waals surface area contributed by atoms with Crippen molar-refractivity contribution in [1.29, 1.82) is 0 Å². The Balaban J connectivity index is 2.08. The smallest absolute Gasteiger partial charge is 0.122 e. The van der Waals surface area contributed by atoms with Crippen molar-refractivity contribution in [3.63, 3.8) is 0 Å². The molecule has 0 saturated heterocycles. The van der Waals surface area contributed by atoms with Crippen LogP contribution in [0.2, 0.25) is 0 Å². The molecule has 0 aliphatic heterocycles. The highest BCUT2D eigenvalue weighted by atomic mass is 16.5. The first-order valence-electron chi connectivity index (χ1n) is 7.20. The van der Waals surface area contributed by atoms with E-state index in [0.29, 0.717) is 19.1 Å². The standard InChI is InChI=1S/C16H24O3/c1-18-10-11-19-16-9-5-4-8-15(16)13-6-2-3-7-14(17)12-13/h4-5,8-9,13-14,17H,2-3,6-7,10-12H2,1H3. The van der Waals surface area contributed by atoms with Crippen molar-refractivity contribution in [2.24, 2.45) is 0 Å². The van der Waals surface area contributed by atoms with Gasteiger partial charge in [0.2, 0.25) is 0 Å². The third kappa shape index (κ3) is 4.22. The Kier molecular flexibility index (Phi) is 5.67. The molecule has 1 fully saturated rings. The van der Waals surface area contributed by atoms with Gasteiger partial charge in [-0.3, -0.25) is 0 Å². The molecule has 2 atom stereocenters. The minimum absolute atomic E-state index is 0.167. The molecule has 106 valence electrons. The van der Waals surface area contributed by atoms with E-state index in [1.807, 2.05) is 12.1 Å². The van der Waals surface area contributed by atoms with Gasteiger partial charge in [0.1, 0.15) is 12.4 Å². The van der Waals surface area contributed by atoms with E-state index in [-0.39, 0.29) is 6.10 Å². The number of methoxy groups -OCH3 is 1. The summed E-state index contributed by atoms with van der Waals surface area (Å²) in [6, 6.07) is 8.20. The topological polar surface area (TPSA) is 38.7 Å². The predicted molar refractivity (Wildman–Crippen MR) is 75.6 cm³/mol. The van der Waals surface area contributed by atoms with Crippen LogP contribution >= 0.6 is 0 Å². The molecule has 0 amide bonds. The molecule has 0 aromatic heterocycles. The number of benzene rings is 1. The minimum Gasteiger partial charge on any atom is -0.491 e. The third-order valence-corrected chi connectivity index (χ3v) is 3.80. The average molecular weight is 264 g/mol. The van der Waals surface area contributed by atoms with Gasteiger partial charge in [-0.2, -0.15) is 0 Å². The Morgan fingerprint density at radius 2 is 1.95 bits per heavy atom. The maximum atomic E-state index is 9.97. The van der Waals surface area contributed by atoms with E-state index >= 15 is 0 Å². The van der Waals surface area contributed by atoms with Crippen LogP contribution in [0.3, 0.4) is 0 Å². The molecular weight excluding hydrogens is 240 g/mol. The highest BCUT2D eigenvalue weighted by molar-refractivity contribution is 5.36. The van der Waals surface area contributed by atoms with Crippen molar-refractivity contribution in [3.05, 3.63) is 29.8 Å². The quantitative estimate of drug-likeness (QED) is 0.656. The van der Waals surface area contributed by atoms with Gasteiger partial charge in [-0.25, -0.2) is 0 Å². The number of aliphatic hydroxyl groups excluding tert-OH is 1. The molecule has 0 bridgehead atoms. The lowest BCUT2D eigenvalue weighted by molar-refractivity contribution is 0.142. The lowest BCUT2D eigenvalue weighted by atomic mass is 9.90. The molecule has 3 nitrogen and oxygen atoms in total. The Morgan fingerprint density at radius 1 is 1.16 bits per heavy atom. The lowest BCUT2D eigenvalue weighted by Gasteiger charge is -2.20. The SMILES string of the molecule is COCCOc1ccccc1C1CCCCC(O)C1. The number of hydrogen-bond acceptors (Lipinski definition) is 3. The maximum absolute atomic E-state index is 9.97. The summed E-state index contributed by atoms with van der Waals surface area (Å²) in [5, 5.41) is 9.97. The fourth-order valence-corrected chi connectivity index (χ4v) is 2.80. The molecule has 1 aliphatic rings. The summed E-state index contributed by atoms with van der Waals surface area (Å²) in [4.78, 5) is 0. The molecule has 1 N–H and O–H groups in total. The van der Waals surface area contributed by atoms with Gasteiger partial charge < -0.3 is 14.6 Å². The normalized spacial score (nSPS) is 23.9. The third-order valence-electron chi connectivity index (χ3n) is 3.80. The number of hydrogen-bond donors (Lipinski definition) is 1. The zero-order valence-electron chi connectivity index (χ0n) is 11.7. The maximum Gasteiger partial charge on any atom is 0.122 e. The van der Waals surface area contributed by atoms with Crippen LogP contribution in [0.1, 0.15) is 43.6 Å². The van der Waals surface area contributed by atoms with E-state index in [2.05, 4.69) is 12.1 Å². The Hall–Kier alpha value is -1.06. The number of para-hydroxylation sites is 1. The minimum atomic E-state index is -0.167. The molecule has 0 heterocycles. The molecule has 1 aromatic carbocycles. The Labute approximate surface area is 115 Å². The average Bonchev–Trinajstić information content (AvgIpc) is 2.64. The molecule has 19 heavy (non-hydrogen) atoms. The summed E-state index contributed by atoms with van der Waals surface area (Å²) in [5.41, 5.74) is 1.24. The van der Waals surface area contributed by atoms with E-state index in [9.17, 15) is 5.11 Å². The van der Waals surface area contributed by atoms with Crippen LogP contribution in [0.15, 0.2) is 24.3 Å². The van der Waals surface area contributed by atoms with E-state index in [1.165, 1.54) is 12.0 Å². The summed E-state index contributed by atoms with van der Waals surface area (Å²) >= 11 is 0. The van der Waals surface area contributed by atoms with Crippen molar-refractivity contribution in [2.45, 2.75) is 44.1 Å². The highest BCUT2D eigenvalue weighted by Gasteiger charge is 2.22. The molecule has 1 aromatic rings. The van der Waals surface area contributed by atoms with Gasteiger partial charge in [-0.1, -0.05) is 31.0 Å². The van der Waals surface area contributed by atoms with Crippen LogP contribution in [0.25, 0.3) is 0 Å². The van der Waals surface area contributed by atoms with Gasteiger partial charge in [0, 0.05) is 7.11 Å². The van der Waals surface area contributed by atoms with Gasteiger partial charge in [-0.05, 0) is 36.8 Å². The first-order chi connectivity index (χ1) is 9.31. The summed E-state index contributed by atoms with van der Waals surface area (Å²) in [6.07, 6.45) is 5.08. The van der Waals surface area contributed by atoms with Gasteiger partial charge in [0.15, 0.2) is 0 Å². The van der Waals surface area contributed by atoms with Crippen molar-refractivity contribution in [3.8, 4) is 5.75 Å². The first-order valence-corrected chi connectivity index (χ1v) is 7.20. The zero-order valence-corrected chi connectivity index (χ0v) is 11.7. The molecule has 0 radical (unpaired) electrons. The number of ether oxygens (including phenoxy) is 2. The molecular formula is C16H24O3. The van der Waals surface area contributed by atoms with E-state index < -0.39 is 0 Å². The van der Waals surface area contributed by atoms with Gasteiger partial charge in [-0.15, -0.1) is 0 Å². The molecule has 1 aliphatic carbocycles.